The van der Waals surface area contributed by atoms with Crippen molar-refractivity contribution in [3.8, 4) is 11.8 Å². The van der Waals surface area contributed by atoms with Crippen molar-refractivity contribution < 1.29 is 4.74 Å². The van der Waals surface area contributed by atoms with Crippen molar-refractivity contribution >= 4 is 21.6 Å². The Hall–Kier alpha value is -2.45. The molecular weight excluding hydrogens is 270 g/mol. The van der Waals surface area contributed by atoms with E-state index in [9.17, 15) is 0 Å². The molecule has 0 spiro atoms. The molecule has 0 saturated carbocycles. The van der Waals surface area contributed by atoms with Crippen molar-refractivity contribution in [1.82, 2.24) is 9.97 Å². The lowest BCUT2D eigenvalue weighted by Crippen LogP contribution is -1.97. The van der Waals surface area contributed by atoms with Crippen LogP contribution in [0.2, 0.25) is 0 Å². The third kappa shape index (κ3) is 2.46. The highest BCUT2D eigenvalue weighted by Gasteiger charge is 2.06. The monoisotopic (exact) mass is 281 g/mol. The van der Waals surface area contributed by atoms with Crippen molar-refractivity contribution in [3.63, 3.8) is 0 Å². The maximum Gasteiger partial charge on any atom is 0.141 e. The molecule has 0 aliphatic carbocycles. The molecule has 3 aromatic rings. The van der Waals surface area contributed by atoms with Crippen LogP contribution in [0.15, 0.2) is 36.5 Å². The first kappa shape index (κ1) is 12.6. The molecule has 0 atom stereocenters. The Labute approximate surface area is 120 Å². The third-order valence-electron chi connectivity index (χ3n) is 2.86. The molecule has 0 N–H and O–H groups in total. The van der Waals surface area contributed by atoms with Crippen LogP contribution in [0.3, 0.4) is 0 Å². The average molecular weight is 281 g/mol. The standard InChI is InChI=1S/C15H11N3OS/c1-10-14(5-4-11(8-16)18-10)19-9-12-7-13-15(20-12)3-2-6-17-13/h2-7H,9H2,1H3. The Kier molecular flexibility index (Phi) is 3.32. The van der Waals surface area contributed by atoms with Gasteiger partial charge in [-0.05, 0) is 37.3 Å². The molecule has 4 nitrogen and oxygen atoms in total. The molecule has 0 saturated heterocycles. The van der Waals surface area contributed by atoms with Crippen molar-refractivity contribution in [2.75, 3.05) is 0 Å². The molecule has 0 unspecified atom stereocenters. The summed E-state index contributed by atoms with van der Waals surface area (Å²) in [5.74, 6) is 0.703. The normalized spacial score (nSPS) is 10.4. The van der Waals surface area contributed by atoms with Gasteiger partial charge in [-0.25, -0.2) is 4.98 Å². The van der Waals surface area contributed by atoms with Crippen LogP contribution in [0, 0.1) is 18.3 Å². The van der Waals surface area contributed by atoms with E-state index in [0.29, 0.717) is 18.1 Å². The van der Waals surface area contributed by atoms with E-state index in [0.717, 1.165) is 20.8 Å². The molecule has 0 aliphatic heterocycles. The molecule has 98 valence electrons. The summed E-state index contributed by atoms with van der Waals surface area (Å²) in [5, 5.41) is 8.78. The molecule has 0 aliphatic rings. The minimum atomic E-state index is 0.404. The van der Waals surface area contributed by atoms with Crippen LogP contribution in [-0.2, 0) is 6.61 Å². The molecule has 3 aromatic heterocycles. The first-order valence-corrected chi connectivity index (χ1v) is 6.92. The first-order valence-electron chi connectivity index (χ1n) is 6.10. The molecule has 0 radical (unpaired) electrons. The number of fused-ring (bicyclic) bond motifs is 1. The molecule has 20 heavy (non-hydrogen) atoms. The number of nitriles is 1. The van der Waals surface area contributed by atoms with E-state index in [1.54, 1.807) is 29.7 Å². The van der Waals surface area contributed by atoms with Gasteiger partial charge < -0.3 is 4.74 Å². The lowest BCUT2D eigenvalue weighted by Gasteiger charge is -2.06. The SMILES string of the molecule is Cc1nc(C#N)ccc1OCc1cc2ncccc2s1. The van der Waals surface area contributed by atoms with E-state index < -0.39 is 0 Å². The van der Waals surface area contributed by atoms with E-state index in [1.165, 1.54) is 0 Å². The van der Waals surface area contributed by atoms with Crippen LogP contribution in [0.1, 0.15) is 16.3 Å². The fraction of sp³-hybridized carbons (Fsp3) is 0.133. The Bertz CT molecular complexity index is 771. The lowest BCUT2D eigenvalue weighted by atomic mass is 10.3. The van der Waals surface area contributed by atoms with Gasteiger partial charge in [0.25, 0.3) is 0 Å². The maximum atomic E-state index is 8.78. The number of nitrogens with zero attached hydrogens (tertiary/aromatic N) is 3. The fourth-order valence-corrected chi connectivity index (χ4v) is 2.84. The van der Waals surface area contributed by atoms with Crippen LogP contribution in [0.5, 0.6) is 5.75 Å². The first-order chi connectivity index (χ1) is 9.76. The van der Waals surface area contributed by atoms with Crippen molar-refractivity contribution in [2.24, 2.45) is 0 Å². The quantitative estimate of drug-likeness (QED) is 0.737. The number of rotatable bonds is 3. The van der Waals surface area contributed by atoms with E-state index in [-0.39, 0.29) is 0 Å². The highest BCUT2D eigenvalue weighted by molar-refractivity contribution is 7.18. The Morgan fingerprint density at radius 1 is 1.35 bits per heavy atom. The van der Waals surface area contributed by atoms with Gasteiger partial charge in [0.05, 0.1) is 15.9 Å². The number of pyridine rings is 2. The van der Waals surface area contributed by atoms with Gasteiger partial charge in [-0.3, -0.25) is 4.98 Å². The zero-order valence-corrected chi connectivity index (χ0v) is 11.6. The van der Waals surface area contributed by atoms with Crippen LogP contribution < -0.4 is 4.74 Å². The smallest absolute Gasteiger partial charge is 0.141 e. The maximum absolute atomic E-state index is 8.78. The topological polar surface area (TPSA) is 58.8 Å². The van der Waals surface area contributed by atoms with Gasteiger partial charge >= 0.3 is 0 Å². The molecular formula is C15H11N3OS. The number of ether oxygens (including phenoxy) is 1. The zero-order valence-electron chi connectivity index (χ0n) is 10.8. The highest BCUT2D eigenvalue weighted by atomic mass is 32.1. The average Bonchev–Trinajstić information content (AvgIpc) is 2.88. The van der Waals surface area contributed by atoms with E-state index in [2.05, 4.69) is 9.97 Å². The number of hydrogen-bond donors (Lipinski definition) is 0. The fourth-order valence-electron chi connectivity index (χ4n) is 1.90. The molecule has 5 heteroatoms. The van der Waals surface area contributed by atoms with Gasteiger partial charge in [-0.15, -0.1) is 11.3 Å². The minimum absolute atomic E-state index is 0.404. The zero-order chi connectivity index (χ0) is 13.9. The Morgan fingerprint density at radius 3 is 3.00 bits per heavy atom. The van der Waals surface area contributed by atoms with E-state index >= 15 is 0 Å². The van der Waals surface area contributed by atoms with Gasteiger partial charge in [0.1, 0.15) is 24.1 Å². The van der Waals surface area contributed by atoms with Crippen LogP contribution >= 0.6 is 11.3 Å². The molecule has 0 fully saturated rings. The van der Waals surface area contributed by atoms with Crippen molar-refractivity contribution in [1.29, 1.82) is 5.26 Å². The van der Waals surface area contributed by atoms with E-state index in [1.807, 2.05) is 31.2 Å². The predicted octanol–water partition coefficient (Wildman–Crippen LogP) is 3.45. The molecule has 3 heterocycles. The highest BCUT2D eigenvalue weighted by Crippen LogP contribution is 2.25. The van der Waals surface area contributed by atoms with Gasteiger partial charge in [0.15, 0.2) is 0 Å². The molecule has 3 rings (SSSR count). The Morgan fingerprint density at radius 2 is 2.25 bits per heavy atom. The van der Waals surface area contributed by atoms with Gasteiger partial charge in [0.2, 0.25) is 0 Å². The number of thiophene rings is 1. The number of hydrogen-bond acceptors (Lipinski definition) is 5. The Balaban J connectivity index is 1.77. The summed E-state index contributed by atoms with van der Waals surface area (Å²) in [4.78, 5) is 9.57. The van der Waals surface area contributed by atoms with Crippen LogP contribution in [0.25, 0.3) is 10.2 Å². The molecule has 0 amide bonds. The summed E-state index contributed by atoms with van der Waals surface area (Å²) in [6.45, 7) is 2.32. The summed E-state index contributed by atoms with van der Waals surface area (Å²) in [7, 11) is 0. The minimum Gasteiger partial charge on any atom is -0.486 e. The van der Waals surface area contributed by atoms with Crippen LogP contribution in [0.4, 0.5) is 0 Å². The third-order valence-corrected chi connectivity index (χ3v) is 3.92. The predicted molar refractivity (Wildman–Crippen MR) is 77.6 cm³/mol. The molecule has 0 bridgehead atoms. The molecule has 0 aromatic carbocycles. The summed E-state index contributed by atoms with van der Waals surface area (Å²) in [5.41, 5.74) is 2.12. The number of aromatic nitrogens is 2. The summed E-state index contributed by atoms with van der Waals surface area (Å²) < 4.78 is 6.92. The van der Waals surface area contributed by atoms with Crippen molar-refractivity contribution in [3.05, 3.63) is 52.8 Å². The van der Waals surface area contributed by atoms with Gasteiger partial charge in [0, 0.05) is 11.1 Å². The summed E-state index contributed by atoms with van der Waals surface area (Å²) in [6.07, 6.45) is 1.79. The second-order valence-electron chi connectivity index (χ2n) is 4.28. The second-order valence-corrected chi connectivity index (χ2v) is 5.45. The van der Waals surface area contributed by atoms with Crippen molar-refractivity contribution in [2.45, 2.75) is 13.5 Å². The number of aryl methyl sites for hydroxylation is 1. The largest absolute Gasteiger partial charge is 0.486 e. The van der Waals surface area contributed by atoms with Crippen LogP contribution in [-0.4, -0.2) is 9.97 Å². The lowest BCUT2D eigenvalue weighted by molar-refractivity contribution is 0.306. The van der Waals surface area contributed by atoms with E-state index in [4.69, 9.17) is 10.00 Å². The van der Waals surface area contributed by atoms with Gasteiger partial charge in [-0.1, -0.05) is 0 Å². The summed E-state index contributed by atoms with van der Waals surface area (Å²) in [6, 6.07) is 11.5. The van der Waals surface area contributed by atoms with Gasteiger partial charge in [-0.2, -0.15) is 5.26 Å². The second kappa shape index (κ2) is 5.27. The summed E-state index contributed by atoms with van der Waals surface area (Å²) >= 11 is 1.67.